The molecule has 1 nitrogen and oxygen atoms in total. The summed E-state index contributed by atoms with van der Waals surface area (Å²) in [5.41, 5.74) is 0.856. The van der Waals surface area contributed by atoms with Gasteiger partial charge in [0.15, 0.2) is 0 Å². The predicted molar refractivity (Wildman–Crippen MR) is 43.6 cm³/mol. The van der Waals surface area contributed by atoms with E-state index in [9.17, 15) is 0 Å². The molecule has 4 heteroatoms. The largest absolute Gasteiger partial charge is 0.260 e. The van der Waals surface area contributed by atoms with Crippen LogP contribution >= 0.6 is 23.2 Å². The SMILES string of the molecule is CCc1nccc(Cl)c1Cl.[Cd]. The van der Waals surface area contributed by atoms with E-state index in [4.69, 9.17) is 23.2 Å². The first-order chi connectivity index (χ1) is 4.75. The van der Waals surface area contributed by atoms with Gasteiger partial charge in [-0.25, -0.2) is 0 Å². The van der Waals surface area contributed by atoms with E-state index in [-0.39, 0.29) is 27.3 Å². The Morgan fingerprint density at radius 1 is 1.45 bits per heavy atom. The van der Waals surface area contributed by atoms with Crippen molar-refractivity contribution in [3.63, 3.8) is 0 Å². The van der Waals surface area contributed by atoms with Crippen molar-refractivity contribution in [2.75, 3.05) is 0 Å². The van der Waals surface area contributed by atoms with Crippen LogP contribution in [0.4, 0.5) is 0 Å². The number of pyridine rings is 1. The van der Waals surface area contributed by atoms with Crippen molar-refractivity contribution in [2.45, 2.75) is 13.3 Å². The average Bonchev–Trinajstić information content (AvgIpc) is 1.95. The van der Waals surface area contributed by atoms with Gasteiger partial charge in [0.05, 0.1) is 15.7 Å². The van der Waals surface area contributed by atoms with Crippen LogP contribution in [0.15, 0.2) is 12.3 Å². The van der Waals surface area contributed by atoms with Gasteiger partial charge in [0.2, 0.25) is 0 Å². The Kier molecular flexibility index (Phi) is 5.64. The van der Waals surface area contributed by atoms with Crippen molar-refractivity contribution in [1.29, 1.82) is 0 Å². The standard InChI is InChI=1S/C7H7Cl2N.Cd/c1-2-6-7(9)5(8)3-4-10-6;/h3-4H,2H2,1H3;. The Morgan fingerprint density at radius 2 is 2.09 bits per heavy atom. The molecule has 0 aliphatic heterocycles. The molecule has 1 heterocycles. The molecule has 0 aliphatic rings. The molecule has 11 heavy (non-hydrogen) atoms. The molecule has 0 spiro atoms. The summed E-state index contributed by atoms with van der Waals surface area (Å²) in [6.07, 6.45) is 2.48. The van der Waals surface area contributed by atoms with Gasteiger partial charge in [0, 0.05) is 33.5 Å². The minimum atomic E-state index is 0. The van der Waals surface area contributed by atoms with Crippen LogP contribution in [0.1, 0.15) is 12.6 Å². The van der Waals surface area contributed by atoms with E-state index in [1.807, 2.05) is 6.92 Å². The smallest absolute Gasteiger partial charge is 0.0807 e. The molecule has 0 bridgehead atoms. The number of hydrogen-bond acceptors (Lipinski definition) is 1. The molecule has 0 saturated heterocycles. The van der Waals surface area contributed by atoms with E-state index >= 15 is 0 Å². The first-order valence-electron chi connectivity index (χ1n) is 3.04. The molecule has 0 unspecified atom stereocenters. The summed E-state index contributed by atoms with van der Waals surface area (Å²) in [7, 11) is 0. The van der Waals surface area contributed by atoms with Gasteiger partial charge < -0.3 is 0 Å². The Balaban J connectivity index is 0.000001000. The van der Waals surface area contributed by atoms with Gasteiger partial charge in [0.1, 0.15) is 0 Å². The third-order valence-electron chi connectivity index (χ3n) is 1.25. The van der Waals surface area contributed by atoms with Crippen molar-refractivity contribution in [1.82, 2.24) is 4.98 Å². The summed E-state index contributed by atoms with van der Waals surface area (Å²) in [6.45, 7) is 1.99. The van der Waals surface area contributed by atoms with Crippen LogP contribution in [-0.2, 0) is 33.7 Å². The zero-order valence-corrected chi connectivity index (χ0v) is 11.8. The molecule has 1 rings (SSSR count). The minimum Gasteiger partial charge on any atom is -0.260 e. The molecular formula is C7H7CdCl2N. The summed E-state index contributed by atoms with van der Waals surface area (Å²) in [5.74, 6) is 0. The van der Waals surface area contributed by atoms with Crippen LogP contribution in [0, 0.1) is 0 Å². The van der Waals surface area contributed by atoms with E-state index < -0.39 is 0 Å². The normalized spacial score (nSPS) is 9.00. The fraction of sp³-hybridized carbons (Fsp3) is 0.286. The van der Waals surface area contributed by atoms with Crippen molar-refractivity contribution in [3.8, 4) is 0 Å². The van der Waals surface area contributed by atoms with E-state index in [0.717, 1.165) is 12.1 Å². The molecular weight excluding hydrogens is 281 g/mol. The van der Waals surface area contributed by atoms with E-state index in [0.29, 0.717) is 10.0 Å². The molecule has 1 aromatic rings. The molecule has 0 aliphatic carbocycles. The van der Waals surface area contributed by atoms with Crippen molar-refractivity contribution < 1.29 is 27.3 Å². The maximum absolute atomic E-state index is 5.80. The average molecular weight is 288 g/mol. The van der Waals surface area contributed by atoms with Crippen LogP contribution < -0.4 is 0 Å². The predicted octanol–water partition coefficient (Wildman–Crippen LogP) is 2.95. The zero-order valence-electron chi connectivity index (χ0n) is 6.27. The van der Waals surface area contributed by atoms with Crippen LogP contribution in [0.3, 0.4) is 0 Å². The van der Waals surface area contributed by atoms with E-state index in [2.05, 4.69) is 4.98 Å². The van der Waals surface area contributed by atoms with Crippen molar-refractivity contribution in [3.05, 3.63) is 28.0 Å². The molecule has 0 amide bonds. The number of halogens is 2. The van der Waals surface area contributed by atoms with Crippen molar-refractivity contribution in [2.24, 2.45) is 0 Å². The van der Waals surface area contributed by atoms with Gasteiger partial charge in [-0.05, 0) is 12.5 Å². The van der Waals surface area contributed by atoms with Gasteiger partial charge in [-0.3, -0.25) is 4.98 Å². The first-order valence-corrected chi connectivity index (χ1v) is 3.80. The van der Waals surface area contributed by atoms with Crippen LogP contribution in [0.2, 0.25) is 10.0 Å². The summed E-state index contributed by atoms with van der Waals surface area (Å²) in [6, 6.07) is 1.68. The Hall–Kier alpha value is 0.652. The Bertz CT molecular complexity index is 240. The Morgan fingerprint density at radius 3 is 2.55 bits per heavy atom. The molecule has 0 saturated carbocycles. The van der Waals surface area contributed by atoms with Crippen LogP contribution in [0.5, 0.6) is 0 Å². The van der Waals surface area contributed by atoms with Gasteiger partial charge in [-0.2, -0.15) is 0 Å². The second-order valence-corrected chi connectivity index (χ2v) is 2.69. The maximum Gasteiger partial charge on any atom is 0.0807 e. The molecule has 0 aromatic carbocycles. The second-order valence-electron chi connectivity index (χ2n) is 1.91. The molecule has 1 aromatic heterocycles. The first kappa shape index (κ1) is 11.7. The summed E-state index contributed by atoms with van der Waals surface area (Å²) >= 11 is 11.5. The summed E-state index contributed by atoms with van der Waals surface area (Å²) in [5, 5.41) is 1.15. The quantitative estimate of drug-likeness (QED) is 0.724. The number of aromatic nitrogens is 1. The number of rotatable bonds is 1. The summed E-state index contributed by atoms with van der Waals surface area (Å²) < 4.78 is 0. The van der Waals surface area contributed by atoms with Gasteiger partial charge in [0.25, 0.3) is 0 Å². The van der Waals surface area contributed by atoms with Gasteiger partial charge in [-0.1, -0.05) is 30.1 Å². The van der Waals surface area contributed by atoms with Crippen LogP contribution in [0.25, 0.3) is 0 Å². The number of aryl methyl sites for hydroxylation is 1. The molecule has 0 N–H and O–H groups in total. The zero-order chi connectivity index (χ0) is 7.56. The van der Waals surface area contributed by atoms with Gasteiger partial charge >= 0.3 is 0 Å². The minimum absolute atomic E-state index is 0. The number of nitrogens with zero attached hydrogens (tertiary/aromatic N) is 1. The fourth-order valence-electron chi connectivity index (χ4n) is 0.707. The van der Waals surface area contributed by atoms with E-state index in [1.165, 1.54) is 0 Å². The second kappa shape index (κ2) is 5.32. The fourth-order valence-corrected chi connectivity index (χ4v) is 1.12. The topological polar surface area (TPSA) is 12.9 Å². The Labute approximate surface area is 96.3 Å². The molecule has 0 atom stereocenters. The molecule has 56 valence electrons. The third kappa shape index (κ3) is 2.88. The van der Waals surface area contributed by atoms with Crippen LogP contribution in [-0.4, -0.2) is 4.98 Å². The third-order valence-corrected chi connectivity index (χ3v) is 2.08. The number of hydrogen-bond donors (Lipinski definition) is 0. The molecule has 0 fully saturated rings. The summed E-state index contributed by atoms with van der Waals surface area (Å²) in [4.78, 5) is 4.04. The maximum atomic E-state index is 5.80. The van der Waals surface area contributed by atoms with E-state index in [1.54, 1.807) is 12.3 Å². The molecule has 0 radical (unpaired) electrons. The monoisotopic (exact) mass is 289 g/mol. The van der Waals surface area contributed by atoms with Gasteiger partial charge in [-0.15, -0.1) is 0 Å². The van der Waals surface area contributed by atoms with Crippen molar-refractivity contribution >= 4 is 23.2 Å².